The second-order valence-electron chi connectivity index (χ2n) is 5.59. The van der Waals surface area contributed by atoms with Gasteiger partial charge in [0.1, 0.15) is 0 Å². The SMILES string of the molecule is CC(=O)c1ccc(NC(=O)CC(CC(=O)O)c2ccccc2)cc1. The first kappa shape index (κ1) is 17.4. The number of anilines is 1. The van der Waals surface area contributed by atoms with Crippen molar-refractivity contribution >= 4 is 23.3 Å². The number of benzene rings is 2. The molecule has 1 unspecified atom stereocenters. The third-order valence-electron chi connectivity index (χ3n) is 3.70. The van der Waals surface area contributed by atoms with Gasteiger partial charge in [-0.05, 0) is 36.8 Å². The first-order chi connectivity index (χ1) is 11.5. The molecule has 5 nitrogen and oxygen atoms in total. The Bertz CT molecular complexity index is 723. The second-order valence-corrected chi connectivity index (χ2v) is 5.59. The molecule has 0 heterocycles. The van der Waals surface area contributed by atoms with Gasteiger partial charge in [-0.15, -0.1) is 0 Å². The normalized spacial score (nSPS) is 11.5. The summed E-state index contributed by atoms with van der Waals surface area (Å²) in [6.07, 6.45) is -0.0362. The van der Waals surface area contributed by atoms with Crippen LogP contribution in [0.2, 0.25) is 0 Å². The quantitative estimate of drug-likeness (QED) is 0.763. The van der Waals surface area contributed by atoms with Crippen molar-refractivity contribution in [2.75, 3.05) is 5.32 Å². The van der Waals surface area contributed by atoms with Crippen LogP contribution in [0.15, 0.2) is 54.6 Å². The third kappa shape index (κ3) is 5.05. The Morgan fingerprint density at radius 1 is 0.958 bits per heavy atom. The zero-order valence-electron chi connectivity index (χ0n) is 13.4. The molecule has 2 N–H and O–H groups in total. The molecule has 2 rings (SSSR count). The van der Waals surface area contributed by atoms with Crippen LogP contribution >= 0.6 is 0 Å². The molecule has 0 aromatic heterocycles. The number of hydrogen-bond donors (Lipinski definition) is 2. The molecule has 1 amide bonds. The van der Waals surface area contributed by atoms with Gasteiger partial charge in [-0.3, -0.25) is 14.4 Å². The van der Waals surface area contributed by atoms with Crippen molar-refractivity contribution in [1.82, 2.24) is 0 Å². The molecule has 0 saturated carbocycles. The van der Waals surface area contributed by atoms with Gasteiger partial charge < -0.3 is 10.4 Å². The fraction of sp³-hybridized carbons (Fsp3) is 0.211. The molecule has 0 saturated heterocycles. The van der Waals surface area contributed by atoms with Gasteiger partial charge in [-0.1, -0.05) is 30.3 Å². The van der Waals surface area contributed by atoms with Crippen LogP contribution in [0.1, 0.15) is 41.6 Å². The van der Waals surface area contributed by atoms with Gasteiger partial charge >= 0.3 is 5.97 Å². The van der Waals surface area contributed by atoms with Gasteiger partial charge in [-0.2, -0.15) is 0 Å². The number of aliphatic carboxylic acids is 1. The van der Waals surface area contributed by atoms with Gasteiger partial charge in [0.2, 0.25) is 5.91 Å². The smallest absolute Gasteiger partial charge is 0.303 e. The van der Waals surface area contributed by atoms with Crippen molar-refractivity contribution in [2.24, 2.45) is 0 Å². The molecule has 2 aromatic carbocycles. The van der Waals surface area contributed by atoms with E-state index in [1.165, 1.54) is 6.92 Å². The highest BCUT2D eigenvalue weighted by molar-refractivity contribution is 5.95. The highest BCUT2D eigenvalue weighted by Gasteiger charge is 2.19. The minimum Gasteiger partial charge on any atom is -0.481 e. The maximum atomic E-state index is 12.2. The summed E-state index contributed by atoms with van der Waals surface area (Å²) < 4.78 is 0. The van der Waals surface area contributed by atoms with E-state index in [0.717, 1.165) is 5.56 Å². The Balaban J connectivity index is 2.04. The number of carboxylic acids is 1. The zero-order valence-corrected chi connectivity index (χ0v) is 13.4. The van der Waals surface area contributed by atoms with E-state index in [1.807, 2.05) is 30.3 Å². The Kier molecular flexibility index (Phi) is 5.84. The lowest BCUT2D eigenvalue weighted by Crippen LogP contribution is -2.17. The average Bonchev–Trinajstić information content (AvgIpc) is 2.55. The minimum atomic E-state index is -0.942. The van der Waals surface area contributed by atoms with Crippen molar-refractivity contribution in [1.29, 1.82) is 0 Å². The van der Waals surface area contributed by atoms with Crippen LogP contribution in [0.3, 0.4) is 0 Å². The molecule has 0 radical (unpaired) electrons. The Morgan fingerprint density at radius 2 is 1.58 bits per heavy atom. The maximum absolute atomic E-state index is 12.2. The summed E-state index contributed by atoms with van der Waals surface area (Å²) >= 11 is 0. The zero-order chi connectivity index (χ0) is 17.5. The number of carboxylic acid groups (broad SMARTS) is 1. The topological polar surface area (TPSA) is 83.5 Å². The molecule has 0 aliphatic carbocycles. The van der Waals surface area contributed by atoms with Crippen LogP contribution in [0.25, 0.3) is 0 Å². The first-order valence-electron chi connectivity index (χ1n) is 7.63. The largest absolute Gasteiger partial charge is 0.481 e. The van der Waals surface area contributed by atoms with Crippen molar-refractivity contribution in [3.8, 4) is 0 Å². The van der Waals surface area contributed by atoms with E-state index in [0.29, 0.717) is 11.3 Å². The number of carbonyl (C=O) groups is 3. The summed E-state index contributed by atoms with van der Waals surface area (Å²) in [4.78, 5) is 34.5. The van der Waals surface area contributed by atoms with Crippen LogP contribution < -0.4 is 5.32 Å². The summed E-state index contributed by atoms with van der Waals surface area (Å²) in [6.45, 7) is 1.48. The molecular weight excluding hydrogens is 306 g/mol. The number of Topliss-reactive ketones (excluding diaryl/α,β-unsaturated/α-hetero) is 1. The lowest BCUT2D eigenvalue weighted by atomic mass is 9.92. The number of amides is 1. The van der Waals surface area contributed by atoms with E-state index in [1.54, 1.807) is 24.3 Å². The number of rotatable bonds is 7. The summed E-state index contributed by atoms with van der Waals surface area (Å²) in [5.41, 5.74) is 1.97. The number of hydrogen-bond acceptors (Lipinski definition) is 3. The second kappa shape index (κ2) is 8.06. The molecule has 1 atom stereocenters. The Morgan fingerprint density at radius 3 is 2.12 bits per heavy atom. The van der Waals surface area contributed by atoms with Crippen LogP contribution in [0.4, 0.5) is 5.69 Å². The van der Waals surface area contributed by atoms with Crippen LogP contribution in [-0.2, 0) is 9.59 Å². The van der Waals surface area contributed by atoms with Crippen LogP contribution in [-0.4, -0.2) is 22.8 Å². The third-order valence-corrected chi connectivity index (χ3v) is 3.70. The molecule has 124 valence electrons. The Labute approximate surface area is 140 Å². The highest BCUT2D eigenvalue weighted by atomic mass is 16.4. The first-order valence-corrected chi connectivity index (χ1v) is 7.63. The molecule has 24 heavy (non-hydrogen) atoms. The molecule has 2 aromatic rings. The van der Waals surface area contributed by atoms with Crippen LogP contribution in [0, 0.1) is 0 Å². The summed E-state index contributed by atoms with van der Waals surface area (Å²) in [5.74, 6) is -1.64. The molecule has 5 heteroatoms. The fourth-order valence-electron chi connectivity index (χ4n) is 2.47. The summed E-state index contributed by atoms with van der Waals surface area (Å²) in [7, 11) is 0. The van der Waals surface area contributed by atoms with E-state index in [4.69, 9.17) is 5.11 Å². The number of nitrogens with one attached hydrogen (secondary N) is 1. The standard InChI is InChI=1S/C19H19NO4/c1-13(21)14-7-9-17(10-8-14)20-18(22)11-16(12-19(23)24)15-5-3-2-4-6-15/h2-10,16H,11-12H2,1H3,(H,20,22)(H,23,24). The van der Waals surface area contributed by atoms with Gasteiger partial charge in [0.15, 0.2) is 5.78 Å². The summed E-state index contributed by atoms with van der Waals surface area (Å²) in [6, 6.07) is 15.7. The predicted octanol–water partition coefficient (Wildman–Crippen LogP) is 3.48. The van der Waals surface area contributed by atoms with Gasteiger partial charge in [0.05, 0.1) is 6.42 Å². The number of carbonyl (C=O) groups excluding carboxylic acids is 2. The minimum absolute atomic E-state index is 0.0431. The van der Waals surface area contributed by atoms with Crippen LogP contribution in [0.5, 0.6) is 0 Å². The van der Waals surface area contributed by atoms with E-state index in [-0.39, 0.29) is 30.4 Å². The van der Waals surface area contributed by atoms with Gasteiger partial charge in [0.25, 0.3) is 0 Å². The molecule has 0 spiro atoms. The van der Waals surface area contributed by atoms with Crippen molar-refractivity contribution in [3.05, 3.63) is 65.7 Å². The van der Waals surface area contributed by atoms with E-state index < -0.39 is 5.97 Å². The van der Waals surface area contributed by atoms with Gasteiger partial charge in [0, 0.05) is 23.6 Å². The molecule has 0 aliphatic heterocycles. The predicted molar refractivity (Wildman–Crippen MR) is 91.1 cm³/mol. The lowest BCUT2D eigenvalue weighted by Gasteiger charge is -2.15. The molecule has 0 bridgehead atoms. The summed E-state index contributed by atoms with van der Waals surface area (Å²) in [5, 5.41) is 11.8. The van der Waals surface area contributed by atoms with E-state index in [2.05, 4.69) is 5.32 Å². The van der Waals surface area contributed by atoms with E-state index >= 15 is 0 Å². The Hall–Kier alpha value is -2.95. The van der Waals surface area contributed by atoms with Crippen molar-refractivity contribution in [2.45, 2.75) is 25.7 Å². The highest BCUT2D eigenvalue weighted by Crippen LogP contribution is 2.24. The fourth-order valence-corrected chi connectivity index (χ4v) is 2.47. The monoisotopic (exact) mass is 325 g/mol. The van der Waals surface area contributed by atoms with Gasteiger partial charge in [-0.25, -0.2) is 0 Å². The average molecular weight is 325 g/mol. The lowest BCUT2D eigenvalue weighted by molar-refractivity contribution is -0.137. The molecule has 0 fully saturated rings. The maximum Gasteiger partial charge on any atom is 0.303 e. The number of ketones is 1. The molecular formula is C19H19NO4. The van der Waals surface area contributed by atoms with Crippen molar-refractivity contribution < 1.29 is 19.5 Å². The molecule has 0 aliphatic rings. The van der Waals surface area contributed by atoms with Crippen molar-refractivity contribution in [3.63, 3.8) is 0 Å². The van der Waals surface area contributed by atoms with E-state index in [9.17, 15) is 14.4 Å².